The molecule has 1 atom stereocenters. The predicted molar refractivity (Wildman–Crippen MR) is 94.5 cm³/mol. The maximum absolute atomic E-state index is 11.9. The van der Waals surface area contributed by atoms with E-state index in [0.29, 0.717) is 10.8 Å². The first kappa shape index (κ1) is 18.9. The smallest absolute Gasteiger partial charge is 0.426 e. The Balaban J connectivity index is 1.76. The molecule has 0 aromatic heterocycles. The summed E-state index contributed by atoms with van der Waals surface area (Å²) in [6, 6.07) is 13.8. The molecule has 8 heteroatoms. The van der Waals surface area contributed by atoms with Gasteiger partial charge in [0.25, 0.3) is 5.91 Å². The van der Waals surface area contributed by atoms with E-state index in [1.54, 1.807) is 12.1 Å². The molecule has 25 heavy (non-hydrogen) atoms. The van der Waals surface area contributed by atoms with Gasteiger partial charge in [-0.2, -0.15) is 0 Å². The van der Waals surface area contributed by atoms with Crippen molar-refractivity contribution in [2.45, 2.75) is 19.6 Å². The van der Waals surface area contributed by atoms with Crippen LogP contribution in [0.15, 0.2) is 48.5 Å². The minimum atomic E-state index is -0.895. The van der Waals surface area contributed by atoms with Crippen molar-refractivity contribution in [3.8, 4) is 5.75 Å². The fourth-order valence-corrected chi connectivity index (χ4v) is 2.24. The number of carbonyl (C=O) groups excluding carboxylic acids is 2. The topological polar surface area (TPSA) is 76.7 Å². The number of benzene rings is 2. The van der Waals surface area contributed by atoms with Crippen molar-refractivity contribution in [1.29, 1.82) is 0 Å². The van der Waals surface area contributed by atoms with Crippen molar-refractivity contribution in [2.75, 3.05) is 0 Å². The molecule has 0 saturated carbocycles. The van der Waals surface area contributed by atoms with Gasteiger partial charge < -0.3 is 9.47 Å². The van der Waals surface area contributed by atoms with Crippen molar-refractivity contribution in [3.05, 3.63) is 64.1 Å². The number of amides is 2. The lowest BCUT2D eigenvalue weighted by Crippen LogP contribution is -2.47. The highest BCUT2D eigenvalue weighted by molar-refractivity contribution is 6.35. The molecule has 2 amide bonds. The fraction of sp³-hybridized carbons (Fsp3) is 0.176. The number of halogens is 2. The molecule has 6 nitrogen and oxygen atoms in total. The number of hydrogen-bond acceptors (Lipinski definition) is 4. The third-order valence-corrected chi connectivity index (χ3v) is 3.60. The molecular weight excluding hydrogens is 367 g/mol. The Bertz CT molecular complexity index is 741. The average molecular weight is 383 g/mol. The molecule has 0 aliphatic carbocycles. The molecule has 0 aliphatic heterocycles. The van der Waals surface area contributed by atoms with Crippen LogP contribution in [-0.2, 0) is 16.1 Å². The van der Waals surface area contributed by atoms with E-state index in [1.165, 1.54) is 13.0 Å². The second-order valence-electron chi connectivity index (χ2n) is 5.01. The molecule has 2 rings (SSSR count). The Morgan fingerprint density at radius 3 is 2.48 bits per heavy atom. The van der Waals surface area contributed by atoms with Crippen LogP contribution in [0.5, 0.6) is 5.75 Å². The Labute approximate surface area is 155 Å². The van der Waals surface area contributed by atoms with E-state index in [0.717, 1.165) is 5.56 Å². The van der Waals surface area contributed by atoms with Gasteiger partial charge in [0.05, 0.1) is 5.02 Å². The summed E-state index contributed by atoms with van der Waals surface area (Å²) < 4.78 is 10.4. The van der Waals surface area contributed by atoms with E-state index in [-0.39, 0.29) is 11.6 Å². The summed E-state index contributed by atoms with van der Waals surface area (Å²) in [7, 11) is 0. The minimum Gasteiger partial charge on any atom is -0.479 e. The number of rotatable bonds is 5. The quantitative estimate of drug-likeness (QED) is 0.772. The van der Waals surface area contributed by atoms with Gasteiger partial charge in [0, 0.05) is 5.02 Å². The van der Waals surface area contributed by atoms with E-state index < -0.39 is 18.1 Å². The van der Waals surface area contributed by atoms with E-state index in [9.17, 15) is 9.59 Å². The molecule has 0 saturated heterocycles. The van der Waals surface area contributed by atoms with E-state index >= 15 is 0 Å². The van der Waals surface area contributed by atoms with Crippen LogP contribution in [0.25, 0.3) is 0 Å². The van der Waals surface area contributed by atoms with Crippen LogP contribution in [-0.4, -0.2) is 18.1 Å². The van der Waals surface area contributed by atoms with Crippen LogP contribution in [0.3, 0.4) is 0 Å². The van der Waals surface area contributed by atoms with Crippen LogP contribution in [0.2, 0.25) is 10.0 Å². The van der Waals surface area contributed by atoms with Gasteiger partial charge in [0.15, 0.2) is 6.10 Å². The first-order chi connectivity index (χ1) is 12.0. The molecule has 0 heterocycles. The van der Waals surface area contributed by atoms with Gasteiger partial charge in [-0.1, -0.05) is 53.5 Å². The highest BCUT2D eigenvalue weighted by atomic mass is 35.5. The minimum absolute atomic E-state index is 0.0922. The summed E-state index contributed by atoms with van der Waals surface area (Å²) in [6.07, 6.45) is -1.68. The first-order valence-electron chi connectivity index (χ1n) is 7.34. The molecule has 0 radical (unpaired) electrons. The fourth-order valence-electron chi connectivity index (χ4n) is 1.79. The van der Waals surface area contributed by atoms with Crippen molar-refractivity contribution >= 4 is 35.2 Å². The van der Waals surface area contributed by atoms with Gasteiger partial charge in [-0.15, -0.1) is 0 Å². The summed E-state index contributed by atoms with van der Waals surface area (Å²) in [6.45, 7) is 1.60. The molecule has 1 unspecified atom stereocenters. The normalized spacial score (nSPS) is 11.3. The van der Waals surface area contributed by atoms with E-state index in [1.807, 2.05) is 30.3 Å². The van der Waals surface area contributed by atoms with Crippen molar-refractivity contribution in [1.82, 2.24) is 10.9 Å². The third-order valence-electron chi connectivity index (χ3n) is 3.07. The van der Waals surface area contributed by atoms with Crippen molar-refractivity contribution < 1.29 is 19.1 Å². The van der Waals surface area contributed by atoms with Gasteiger partial charge in [-0.3, -0.25) is 10.2 Å². The largest absolute Gasteiger partial charge is 0.479 e. The number of hydrogen-bond donors (Lipinski definition) is 2. The number of ether oxygens (including phenoxy) is 2. The van der Waals surface area contributed by atoms with Crippen molar-refractivity contribution in [2.24, 2.45) is 0 Å². The lowest BCUT2D eigenvalue weighted by atomic mass is 10.2. The van der Waals surface area contributed by atoms with Crippen molar-refractivity contribution in [3.63, 3.8) is 0 Å². The van der Waals surface area contributed by atoms with Gasteiger partial charge >= 0.3 is 6.09 Å². The monoisotopic (exact) mass is 382 g/mol. The third kappa shape index (κ3) is 6.17. The van der Waals surface area contributed by atoms with Crippen LogP contribution < -0.4 is 15.6 Å². The molecule has 0 fully saturated rings. The Hall–Kier alpha value is -2.44. The number of nitrogens with one attached hydrogen (secondary N) is 2. The Morgan fingerprint density at radius 1 is 1.08 bits per heavy atom. The summed E-state index contributed by atoms with van der Waals surface area (Å²) >= 11 is 11.8. The number of hydrazine groups is 1. The zero-order valence-corrected chi connectivity index (χ0v) is 14.8. The summed E-state index contributed by atoms with van der Waals surface area (Å²) in [5.74, 6) is -0.261. The second-order valence-corrected chi connectivity index (χ2v) is 5.85. The maximum atomic E-state index is 11.9. The standard InChI is InChI=1S/C17H16Cl2N2O4/c1-11(25-15-8-7-13(18)9-14(15)19)16(22)20-21-17(23)24-10-12-5-3-2-4-6-12/h2-9,11H,10H2,1H3,(H,20,22)(H,21,23). The lowest BCUT2D eigenvalue weighted by molar-refractivity contribution is -0.128. The van der Waals surface area contributed by atoms with Crippen LogP contribution >= 0.6 is 23.2 Å². The molecule has 2 aromatic carbocycles. The first-order valence-corrected chi connectivity index (χ1v) is 8.09. The average Bonchev–Trinajstić information content (AvgIpc) is 2.61. The highest BCUT2D eigenvalue weighted by Crippen LogP contribution is 2.28. The second kappa shape index (κ2) is 9.15. The van der Waals surface area contributed by atoms with Crippen LogP contribution in [0.1, 0.15) is 12.5 Å². The van der Waals surface area contributed by atoms with Gasteiger partial charge in [-0.05, 0) is 30.7 Å². The Kier molecular flexibility index (Phi) is 6.91. The summed E-state index contributed by atoms with van der Waals surface area (Å²) in [4.78, 5) is 23.5. The molecule has 2 aromatic rings. The molecule has 0 spiro atoms. The molecule has 132 valence electrons. The lowest BCUT2D eigenvalue weighted by Gasteiger charge is -2.16. The zero-order chi connectivity index (χ0) is 18.2. The van der Waals surface area contributed by atoms with Crippen LogP contribution in [0, 0.1) is 0 Å². The van der Waals surface area contributed by atoms with Gasteiger partial charge in [-0.25, -0.2) is 10.2 Å². The summed E-state index contributed by atoms with van der Waals surface area (Å²) in [5.41, 5.74) is 5.19. The zero-order valence-electron chi connectivity index (χ0n) is 13.3. The SMILES string of the molecule is CC(Oc1ccc(Cl)cc1Cl)C(=O)NNC(=O)OCc1ccccc1. The maximum Gasteiger partial charge on any atom is 0.426 e. The van der Waals surface area contributed by atoms with E-state index in [4.69, 9.17) is 32.7 Å². The van der Waals surface area contributed by atoms with Gasteiger partial charge in [0.2, 0.25) is 0 Å². The predicted octanol–water partition coefficient (Wildman–Crippen LogP) is 3.72. The van der Waals surface area contributed by atoms with E-state index in [2.05, 4.69) is 10.9 Å². The highest BCUT2D eigenvalue weighted by Gasteiger charge is 2.17. The molecule has 0 bridgehead atoms. The Morgan fingerprint density at radius 2 is 1.80 bits per heavy atom. The molecular formula is C17H16Cl2N2O4. The van der Waals surface area contributed by atoms with Gasteiger partial charge in [0.1, 0.15) is 12.4 Å². The molecule has 2 N–H and O–H groups in total. The molecule has 0 aliphatic rings. The summed E-state index contributed by atoms with van der Waals surface area (Å²) in [5, 5.41) is 0.736. The number of carbonyl (C=O) groups is 2. The van der Waals surface area contributed by atoms with Crippen LogP contribution in [0.4, 0.5) is 4.79 Å².